The van der Waals surface area contributed by atoms with Gasteiger partial charge in [-0.1, -0.05) is 76.2 Å². The Kier molecular flexibility index (Phi) is 8.23. The van der Waals surface area contributed by atoms with Gasteiger partial charge >= 0.3 is 0 Å². The van der Waals surface area contributed by atoms with Crippen molar-refractivity contribution in [2.45, 2.75) is 77.8 Å². The molecule has 3 atom stereocenters. The molecule has 0 radical (unpaired) electrons. The van der Waals surface area contributed by atoms with E-state index in [1.807, 2.05) is 47.6 Å². The van der Waals surface area contributed by atoms with Crippen LogP contribution in [-0.4, -0.2) is 34.5 Å². The third-order valence-electron chi connectivity index (χ3n) is 7.41. The number of halogens is 2. The van der Waals surface area contributed by atoms with Gasteiger partial charge in [0.05, 0.1) is 11.7 Å². The maximum atomic E-state index is 14.2. The summed E-state index contributed by atoms with van der Waals surface area (Å²) in [5, 5.41) is 7.23. The first-order valence-corrected chi connectivity index (χ1v) is 13.5. The van der Waals surface area contributed by atoms with Gasteiger partial charge in [-0.15, -0.1) is 0 Å². The number of hydrogen-bond donors (Lipinski definition) is 1. The molecule has 0 unspecified atom stereocenters. The van der Waals surface area contributed by atoms with Crippen LogP contribution in [0.5, 0.6) is 0 Å². The van der Waals surface area contributed by atoms with Gasteiger partial charge in [0.15, 0.2) is 11.6 Å². The third-order valence-corrected chi connectivity index (χ3v) is 7.41. The number of carbonyl (C=O) groups is 2. The number of carbonyl (C=O) groups excluding carboxylic acids is 2. The molecule has 1 fully saturated rings. The van der Waals surface area contributed by atoms with Crippen LogP contribution in [-0.2, 0) is 15.0 Å². The molecule has 39 heavy (non-hydrogen) atoms. The molecule has 1 aliphatic rings. The van der Waals surface area contributed by atoms with Crippen LogP contribution in [0.2, 0.25) is 0 Å². The second-order valence-electron chi connectivity index (χ2n) is 11.7. The molecule has 3 aromatic rings. The fourth-order valence-electron chi connectivity index (χ4n) is 5.08. The van der Waals surface area contributed by atoms with Crippen molar-refractivity contribution >= 4 is 11.8 Å². The molecule has 4 rings (SSSR count). The van der Waals surface area contributed by atoms with Crippen LogP contribution < -0.4 is 5.32 Å². The number of benzene rings is 2. The molecule has 1 aromatic heterocycles. The Morgan fingerprint density at radius 3 is 2.38 bits per heavy atom. The highest BCUT2D eigenvalue weighted by molar-refractivity contribution is 5.91. The van der Waals surface area contributed by atoms with Gasteiger partial charge in [0, 0.05) is 23.6 Å². The normalized spacial score (nSPS) is 17.4. The quantitative estimate of drug-likeness (QED) is 0.372. The van der Waals surface area contributed by atoms with E-state index in [2.05, 4.69) is 10.5 Å². The van der Waals surface area contributed by atoms with E-state index in [9.17, 15) is 18.4 Å². The zero-order chi connectivity index (χ0) is 28.5. The van der Waals surface area contributed by atoms with Gasteiger partial charge in [-0.2, -0.15) is 0 Å². The Labute approximate surface area is 228 Å². The number of amides is 2. The minimum Gasteiger partial charge on any atom is -0.360 e. The van der Waals surface area contributed by atoms with Crippen molar-refractivity contribution in [3.05, 3.63) is 77.2 Å². The summed E-state index contributed by atoms with van der Waals surface area (Å²) < 4.78 is 33.4. The van der Waals surface area contributed by atoms with E-state index in [-0.39, 0.29) is 34.8 Å². The molecule has 6 nitrogen and oxygen atoms in total. The molecule has 2 aromatic carbocycles. The summed E-state index contributed by atoms with van der Waals surface area (Å²) >= 11 is 0. The van der Waals surface area contributed by atoms with Crippen LogP contribution in [0.3, 0.4) is 0 Å². The van der Waals surface area contributed by atoms with Crippen molar-refractivity contribution in [1.29, 1.82) is 0 Å². The molecule has 0 aliphatic carbocycles. The minimum absolute atomic E-state index is 0.0389. The largest absolute Gasteiger partial charge is 0.360 e. The van der Waals surface area contributed by atoms with Gasteiger partial charge in [-0.25, -0.2) is 8.78 Å². The van der Waals surface area contributed by atoms with Crippen molar-refractivity contribution in [1.82, 2.24) is 15.4 Å². The van der Waals surface area contributed by atoms with Crippen molar-refractivity contribution in [2.75, 3.05) is 6.54 Å². The topological polar surface area (TPSA) is 75.4 Å². The molecule has 0 spiro atoms. The Morgan fingerprint density at radius 1 is 1.08 bits per heavy atom. The van der Waals surface area contributed by atoms with E-state index in [0.29, 0.717) is 24.3 Å². The molecule has 1 saturated heterocycles. The highest BCUT2D eigenvalue weighted by atomic mass is 19.2. The standard InChI is InChI=1S/C31H37F2N3O3/c1-18(2)27(25-17-26(35-39-25)31(4,5)6)30(38)36-16-8-11-24(36)29(37)34-19(3)20-12-14-21(15-13-20)22-9-7-10-23(32)28(22)33/h7,9-10,12-15,17-19,24,27H,8,11,16H2,1-6H3,(H,34,37)/t19-,24-,27+/m0/s1. The first-order chi connectivity index (χ1) is 18.4. The Morgan fingerprint density at radius 2 is 1.77 bits per heavy atom. The van der Waals surface area contributed by atoms with E-state index in [1.54, 1.807) is 29.2 Å². The lowest BCUT2D eigenvalue weighted by atomic mass is 9.88. The lowest BCUT2D eigenvalue weighted by molar-refractivity contribution is -0.141. The fourth-order valence-corrected chi connectivity index (χ4v) is 5.08. The fraction of sp³-hybridized carbons (Fsp3) is 0.452. The van der Waals surface area contributed by atoms with E-state index >= 15 is 0 Å². The van der Waals surface area contributed by atoms with Crippen molar-refractivity contribution in [3.8, 4) is 11.1 Å². The maximum Gasteiger partial charge on any atom is 0.243 e. The zero-order valence-corrected chi connectivity index (χ0v) is 23.4. The Bertz CT molecular complexity index is 1330. The van der Waals surface area contributed by atoms with Gasteiger partial charge in [-0.05, 0) is 42.9 Å². The van der Waals surface area contributed by atoms with Gasteiger partial charge in [0.1, 0.15) is 17.7 Å². The lowest BCUT2D eigenvalue weighted by Crippen LogP contribution is -2.48. The molecular weight excluding hydrogens is 500 g/mol. The molecule has 208 valence electrons. The van der Waals surface area contributed by atoms with Crippen LogP contribution in [0.4, 0.5) is 8.78 Å². The first kappa shape index (κ1) is 28.5. The number of nitrogens with one attached hydrogen (secondary N) is 1. The Hall–Kier alpha value is -3.55. The SMILES string of the molecule is CC(C)[C@@H](C(=O)N1CCC[C@H]1C(=O)N[C@@H](C)c1ccc(-c2cccc(F)c2F)cc1)c1cc(C(C)(C)C)no1. The highest BCUT2D eigenvalue weighted by Gasteiger charge is 2.40. The summed E-state index contributed by atoms with van der Waals surface area (Å²) in [6.07, 6.45) is 1.32. The predicted molar refractivity (Wildman–Crippen MR) is 146 cm³/mol. The summed E-state index contributed by atoms with van der Waals surface area (Å²) in [5.74, 6) is -2.19. The van der Waals surface area contributed by atoms with Crippen LogP contribution in [0.1, 0.15) is 83.4 Å². The number of nitrogens with zero attached hydrogens (tertiary/aromatic N) is 2. The van der Waals surface area contributed by atoms with Crippen molar-refractivity contribution in [2.24, 2.45) is 5.92 Å². The number of aromatic nitrogens is 1. The summed E-state index contributed by atoms with van der Waals surface area (Å²) in [4.78, 5) is 28.8. The van der Waals surface area contributed by atoms with E-state index in [0.717, 1.165) is 23.7 Å². The number of rotatable bonds is 7. The zero-order valence-electron chi connectivity index (χ0n) is 23.4. The summed E-state index contributed by atoms with van der Waals surface area (Å²) in [5.41, 5.74) is 2.12. The number of likely N-dealkylation sites (tertiary alicyclic amines) is 1. The molecule has 1 aliphatic heterocycles. The monoisotopic (exact) mass is 537 g/mol. The third kappa shape index (κ3) is 6.05. The average molecular weight is 538 g/mol. The summed E-state index contributed by atoms with van der Waals surface area (Å²) in [6.45, 7) is 12.4. The lowest BCUT2D eigenvalue weighted by Gasteiger charge is -2.29. The molecule has 8 heteroatoms. The van der Waals surface area contributed by atoms with Crippen molar-refractivity contribution in [3.63, 3.8) is 0 Å². The maximum absolute atomic E-state index is 14.2. The van der Waals surface area contributed by atoms with E-state index in [4.69, 9.17) is 4.52 Å². The second-order valence-corrected chi connectivity index (χ2v) is 11.7. The van der Waals surface area contributed by atoms with Crippen LogP contribution in [0.15, 0.2) is 53.1 Å². The van der Waals surface area contributed by atoms with Crippen molar-refractivity contribution < 1.29 is 22.9 Å². The molecule has 2 amide bonds. The summed E-state index contributed by atoms with van der Waals surface area (Å²) in [6, 6.07) is 12.0. The molecule has 0 saturated carbocycles. The molecule has 0 bridgehead atoms. The molecule has 1 N–H and O–H groups in total. The number of hydrogen-bond acceptors (Lipinski definition) is 4. The molecular formula is C31H37F2N3O3. The van der Waals surface area contributed by atoms with Gasteiger partial charge < -0.3 is 14.7 Å². The predicted octanol–water partition coefficient (Wildman–Crippen LogP) is 6.53. The van der Waals surface area contributed by atoms with Gasteiger partial charge in [0.2, 0.25) is 11.8 Å². The smallest absolute Gasteiger partial charge is 0.243 e. The second kappa shape index (κ2) is 11.3. The first-order valence-electron chi connectivity index (χ1n) is 13.5. The Balaban J connectivity index is 1.46. The average Bonchev–Trinajstić information content (AvgIpc) is 3.56. The summed E-state index contributed by atoms with van der Waals surface area (Å²) in [7, 11) is 0. The minimum atomic E-state index is -0.898. The van der Waals surface area contributed by atoms with Crippen LogP contribution >= 0.6 is 0 Å². The van der Waals surface area contributed by atoms with Gasteiger partial charge in [0.25, 0.3) is 0 Å². The van der Waals surface area contributed by atoms with Crippen LogP contribution in [0.25, 0.3) is 11.1 Å². The van der Waals surface area contributed by atoms with E-state index < -0.39 is 23.6 Å². The van der Waals surface area contributed by atoms with Gasteiger partial charge in [-0.3, -0.25) is 9.59 Å². The highest BCUT2D eigenvalue weighted by Crippen LogP contribution is 2.33. The van der Waals surface area contributed by atoms with E-state index in [1.165, 1.54) is 12.1 Å². The molecule has 2 heterocycles. The van der Waals surface area contributed by atoms with Crippen LogP contribution in [0, 0.1) is 17.6 Å².